The summed E-state index contributed by atoms with van der Waals surface area (Å²) in [4.78, 5) is 19.0. The van der Waals surface area contributed by atoms with Crippen LogP contribution in [0.3, 0.4) is 0 Å². The molecule has 4 rings (SSSR count). The Morgan fingerprint density at radius 3 is 2.71 bits per heavy atom. The molecule has 2 aromatic carbocycles. The smallest absolute Gasteiger partial charge is 0.232 e. The summed E-state index contributed by atoms with van der Waals surface area (Å²) in [6.45, 7) is 7.31. The molecule has 0 spiro atoms. The number of hydrogen-bond donors (Lipinski definition) is 0. The van der Waals surface area contributed by atoms with Gasteiger partial charge in [0.25, 0.3) is 0 Å². The second-order valence-corrected chi connectivity index (χ2v) is 7.84. The van der Waals surface area contributed by atoms with E-state index in [0.717, 1.165) is 23.2 Å². The van der Waals surface area contributed by atoms with E-state index in [9.17, 15) is 4.79 Å². The minimum Gasteiger partial charge on any atom is -0.493 e. The van der Waals surface area contributed by atoms with E-state index >= 15 is 0 Å². The molecule has 3 aromatic rings. The van der Waals surface area contributed by atoms with E-state index in [0.29, 0.717) is 42.8 Å². The van der Waals surface area contributed by atoms with Gasteiger partial charge in [-0.15, -0.1) is 0 Å². The standard InChI is InChI=1S/C24H27N3O4/c1-5-10-30-20-9-7-17(12-21(20)29-4)23-25-24(31-26-23)18-13-22(28)27(14-18)19-8-6-15(2)16(3)11-19/h6-9,11-12,18H,5,10,13-14H2,1-4H3. The highest BCUT2D eigenvalue weighted by Gasteiger charge is 2.35. The predicted molar refractivity (Wildman–Crippen MR) is 118 cm³/mol. The van der Waals surface area contributed by atoms with Crippen LogP contribution in [-0.2, 0) is 4.79 Å². The van der Waals surface area contributed by atoms with Crippen LogP contribution >= 0.6 is 0 Å². The quantitative estimate of drug-likeness (QED) is 0.552. The maximum atomic E-state index is 12.6. The van der Waals surface area contributed by atoms with Gasteiger partial charge in [0, 0.05) is 24.2 Å². The molecule has 0 N–H and O–H groups in total. The van der Waals surface area contributed by atoms with Crippen molar-refractivity contribution in [3.05, 3.63) is 53.4 Å². The number of anilines is 1. The van der Waals surface area contributed by atoms with Crippen LogP contribution in [0.1, 0.15) is 42.7 Å². The van der Waals surface area contributed by atoms with Gasteiger partial charge in [-0.2, -0.15) is 4.98 Å². The number of aromatic nitrogens is 2. The summed E-state index contributed by atoms with van der Waals surface area (Å²) in [5, 5.41) is 4.13. The molecule has 1 fully saturated rings. The molecule has 7 heteroatoms. The topological polar surface area (TPSA) is 77.7 Å². The van der Waals surface area contributed by atoms with Crippen molar-refractivity contribution in [1.29, 1.82) is 0 Å². The monoisotopic (exact) mass is 421 g/mol. The largest absolute Gasteiger partial charge is 0.493 e. The molecule has 7 nitrogen and oxygen atoms in total. The molecular formula is C24H27N3O4. The van der Waals surface area contributed by atoms with Crippen molar-refractivity contribution in [2.75, 3.05) is 25.2 Å². The fourth-order valence-electron chi connectivity index (χ4n) is 3.67. The lowest BCUT2D eigenvalue weighted by atomic mass is 10.1. The first-order valence-corrected chi connectivity index (χ1v) is 10.5. The summed E-state index contributed by atoms with van der Waals surface area (Å²) < 4.78 is 16.7. The summed E-state index contributed by atoms with van der Waals surface area (Å²) in [6.07, 6.45) is 1.26. The Balaban J connectivity index is 1.52. The lowest BCUT2D eigenvalue weighted by molar-refractivity contribution is -0.117. The number of ether oxygens (including phenoxy) is 2. The van der Waals surface area contributed by atoms with Crippen LogP contribution in [0.4, 0.5) is 5.69 Å². The van der Waals surface area contributed by atoms with Crippen LogP contribution < -0.4 is 14.4 Å². The normalized spacial score (nSPS) is 16.1. The Morgan fingerprint density at radius 1 is 1.13 bits per heavy atom. The van der Waals surface area contributed by atoms with Crippen molar-refractivity contribution in [2.45, 2.75) is 39.5 Å². The van der Waals surface area contributed by atoms with E-state index in [1.807, 2.05) is 43.3 Å². The molecule has 0 radical (unpaired) electrons. The van der Waals surface area contributed by atoms with Crippen molar-refractivity contribution in [3.8, 4) is 22.9 Å². The van der Waals surface area contributed by atoms with Crippen molar-refractivity contribution in [3.63, 3.8) is 0 Å². The van der Waals surface area contributed by atoms with E-state index in [1.54, 1.807) is 12.0 Å². The van der Waals surface area contributed by atoms with Crippen LogP contribution in [0.2, 0.25) is 0 Å². The van der Waals surface area contributed by atoms with Crippen LogP contribution in [0, 0.1) is 13.8 Å². The molecule has 162 valence electrons. The van der Waals surface area contributed by atoms with Crippen LogP contribution in [0.15, 0.2) is 40.9 Å². The molecule has 1 atom stereocenters. The number of methoxy groups -OCH3 is 1. The number of amides is 1. The number of benzene rings is 2. The minimum atomic E-state index is -0.135. The summed E-state index contributed by atoms with van der Waals surface area (Å²) in [6, 6.07) is 11.6. The number of hydrogen-bond acceptors (Lipinski definition) is 6. The highest BCUT2D eigenvalue weighted by molar-refractivity contribution is 5.96. The highest BCUT2D eigenvalue weighted by Crippen LogP contribution is 2.35. The number of aryl methyl sites for hydroxylation is 2. The lowest BCUT2D eigenvalue weighted by Crippen LogP contribution is -2.24. The maximum absolute atomic E-state index is 12.6. The Labute approximate surface area is 182 Å². The van der Waals surface area contributed by atoms with E-state index in [1.165, 1.54) is 5.56 Å². The lowest BCUT2D eigenvalue weighted by Gasteiger charge is -2.17. The molecule has 1 aliphatic rings. The van der Waals surface area contributed by atoms with E-state index < -0.39 is 0 Å². The zero-order chi connectivity index (χ0) is 22.0. The number of carbonyl (C=O) groups excluding carboxylic acids is 1. The average Bonchev–Trinajstić information content (AvgIpc) is 3.41. The molecule has 2 heterocycles. The number of rotatable bonds is 7. The van der Waals surface area contributed by atoms with Crippen LogP contribution in [0.5, 0.6) is 11.5 Å². The Bertz CT molecular complexity index is 1090. The third-order valence-electron chi connectivity index (χ3n) is 5.60. The fourth-order valence-corrected chi connectivity index (χ4v) is 3.67. The highest BCUT2D eigenvalue weighted by atomic mass is 16.5. The van der Waals surface area contributed by atoms with Gasteiger partial charge < -0.3 is 18.9 Å². The minimum absolute atomic E-state index is 0.0621. The van der Waals surface area contributed by atoms with Gasteiger partial charge in [0.05, 0.1) is 19.6 Å². The molecule has 0 aliphatic carbocycles. The van der Waals surface area contributed by atoms with Crippen molar-refractivity contribution >= 4 is 11.6 Å². The first kappa shape index (κ1) is 20.9. The number of nitrogens with zero attached hydrogens (tertiary/aromatic N) is 3. The molecule has 1 aromatic heterocycles. The fraction of sp³-hybridized carbons (Fsp3) is 0.375. The molecule has 1 saturated heterocycles. The molecule has 0 bridgehead atoms. The number of carbonyl (C=O) groups is 1. The first-order chi connectivity index (χ1) is 15.0. The maximum Gasteiger partial charge on any atom is 0.232 e. The summed E-state index contributed by atoms with van der Waals surface area (Å²) >= 11 is 0. The second kappa shape index (κ2) is 8.79. The van der Waals surface area contributed by atoms with Crippen LogP contribution in [0.25, 0.3) is 11.4 Å². The Kier molecular flexibility index (Phi) is 5.93. The van der Waals surface area contributed by atoms with Gasteiger partial charge in [-0.05, 0) is 61.7 Å². The van der Waals surface area contributed by atoms with E-state index in [-0.39, 0.29) is 11.8 Å². The molecule has 1 aliphatic heterocycles. The Morgan fingerprint density at radius 2 is 1.97 bits per heavy atom. The van der Waals surface area contributed by atoms with Gasteiger partial charge in [0.15, 0.2) is 11.5 Å². The molecule has 31 heavy (non-hydrogen) atoms. The SMILES string of the molecule is CCCOc1ccc(-c2noc(C3CC(=O)N(c4ccc(C)c(C)c4)C3)n2)cc1OC. The molecule has 0 saturated carbocycles. The van der Waals surface area contributed by atoms with Crippen molar-refractivity contribution < 1.29 is 18.8 Å². The van der Waals surface area contributed by atoms with Gasteiger partial charge in [-0.3, -0.25) is 4.79 Å². The molecule has 1 amide bonds. The third-order valence-corrected chi connectivity index (χ3v) is 5.60. The third kappa shape index (κ3) is 4.26. The van der Waals surface area contributed by atoms with Gasteiger partial charge in [-0.1, -0.05) is 18.1 Å². The van der Waals surface area contributed by atoms with E-state index in [4.69, 9.17) is 14.0 Å². The first-order valence-electron chi connectivity index (χ1n) is 10.5. The van der Waals surface area contributed by atoms with Crippen molar-refractivity contribution in [2.24, 2.45) is 0 Å². The van der Waals surface area contributed by atoms with Crippen molar-refractivity contribution in [1.82, 2.24) is 10.1 Å². The zero-order valence-electron chi connectivity index (χ0n) is 18.3. The van der Waals surface area contributed by atoms with Gasteiger partial charge in [0.1, 0.15) is 0 Å². The van der Waals surface area contributed by atoms with Gasteiger partial charge >= 0.3 is 0 Å². The van der Waals surface area contributed by atoms with Gasteiger partial charge in [0.2, 0.25) is 17.6 Å². The molecule has 1 unspecified atom stereocenters. The van der Waals surface area contributed by atoms with Crippen LogP contribution in [-0.4, -0.2) is 36.3 Å². The van der Waals surface area contributed by atoms with E-state index in [2.05, 4.69) is 24.0 Å². The predicted octanol–water partition coefficient (Wildman–Crippen LogP) is 4.67. The molecular weight excluding hydrogens is 394 g/mol. The summed E-state index contributed by atoms with van der Waals surface area (Å²) in [5.41, 5.74) is 4.04. The average molecular weight is 421 g/mol. The summed E-state index contributed by atoms with van der Waals surface area (Å²) in [7, 11) is 1.60. The Hall–Kier alpha value is -3.35. The zero-order valence-corrected chi connectivity index (χ0v) is 18.3. The van der Waals surface area contributed by atoms with Gasteiger partial charge in [-0.25, -0.2) is 0 Å². The summed E-state index contributed by atoms with van der Waals surface area (Å²) in [5.74, 6) is 2.17. The second-order valence-electron chi connectivity index (χ2n) is 7.84.